The van der Waals surface area contributed by atoms with Gasteiger partial charge in [0.05, 0.1) is 5.69 Å². The van der Waals surface area contributed by atoms with Crippen LogP contribution in [0, 0.1) is 0 Å². The van der Waals surface area contributed by atoms with Crippen molar-refractivity contribution in [1.29, 1.82) is 0 Å². The van der Waals surface area contributed by atoms with Gasteiger partial charge in [0, 0.05) is 37.6 Å². The number of thiazole rings is 1. The summed E-state index contributed by atoms with van der Waals surface area (Å²) in [7, 11) is 2.16. The van der Waals surface area contributed by atoms with Crippen molar-refractivity contribution in [3.63, 3.8) is 0 Å². The van der Waals surface area contributed by atoms with Gasteiger partial charge in [-0.2, -0.15) is 0 Å². The average Bonchev–Trinajstić information content (AvgIpc) is 2.97. The van der Waals surface area contributed by atoms with Crippen molar-refractivity contribution in [2.24, 2.45) is 0 Å². The first-order valence-electron chi connectivity index (χ1n) is 8.31. The largest absolute Gasteiger partial charge is 0.312 e. The molecular formula is C19H21N3OS. The summed E-state index contributed by atoms with van der Waals surface area (Å²) >= 11 is 1.34. The Morgan fingerprint density at radius 3 is 2.58 bits per heavy atom. The number of hydrogen-bond donors (Lipinski definition) is 1. The third-order valence-electron chi connectivity index (χ3n) is 4.72. The fraction of sp³-hybridized carbons (Fsp3) is 0.316. The van der Waals surface area contributed by atoms with E-state index in [2.05, 4.69) is 52.2 Å². The number of aromatic nitrogens is 1. The average molecular weight is 339 g/mol. The molecule has 0 saturated carbocycles. The van der Waals surface area contributed by atoms with Gasteiger partial charge in [-0.05, 0) is 29.4 Å². The second-order valence-corrected chi connectivity index (χ2v) is 7.52. The third-order valence-corrected chi connectivity index (χ3v) is 5.59. The summed E-state index contributed by atoms with van der Waals surface area (Å²) in [4.78, 5) is 21.0. The summed E-state index contributed by atoms with van der Waals surface area (Å²) in [5.41, 5.74) is 2.07. The van der Waals surface area contributed by atoms with Crippen LogP contribution in [-0.4, -0.2) is 48.0 Å². The van der Waals surface area contributed by atoms with Gasteiger partial charge in [-0.1, -0.05) is 47.7 Å². The Morgan fingerprint density at radius 1 is 1.04 bits per heavy atom. The van der Waals surface area contributed by atoms with Crippen molar-refractivity contribution < 1.29 is 0 Å². The number of rotatable bonds is 3. The maximum atomic E-state index is 12.0. The lowest BCUT2D eigenvalue weighted by Gasteiger charge is -2.32. The van der Waals surface area contributed by atoms with E-state index in [1.807, 2.05) is 12.1 Å². The van der Waals surface area contributed by atoms with Gasteiger partial charge in [0.15, 0.2) is 0 Å². The van der Waals surface area contributed by atoms with E-state index in [0.717, 1.165) is 48.9 Å². The molecule has 2 aromatic carbocycles. The maximum Gasteiger partial charge on any atom is 0.305 e. The van der Waals surface area contributed by atoms with Crippen molar-refractivity contribution in [1.82, 2.24) is 14.8 Å². The molecular weight excluding hydrogens is 318 g/mol. The predicted octanol–water partition coefficient (Wildman–Crippen LogP) is 3.00. The molecule has 0 unspecified atom stereocenters. The van der Waals surface area contributed by atoms with Gasteiger partial charge >= 0.3 is 4.87 Å². The number of fused-ring (bicyclic) bond motifs is 1. The van der Waals surface area contributed by atoms with E-state index in [1.54, 1.807) is 0 Å². The minimum atomic E-state index is 0.0299. The Hall–Kier alpha value is -1.95. The molecule has 24 heavy (non-hydrogen) atoms. The summed E-state index contributed by atoms with van der Waals surface area (Å²) in [5, 5.41) is 2.42. The minimum Gasteiger partial charge on any atom is -0.312 e. The number of nitrogens with zero attached hydrogens (tertiary/aromatic N) is 2. The standard InChI is InChI=1S/C19H21N3OS/c1-21-8-10-22(11-9-21)13-17-18(20-19(23)24-17)16-7-6-14-4-2-3-5-15(14)12-16/h2-7,12H,8-11,13H2,1H3,(H,20,23). The van der Waals surface area contributed by atoms with Crippen molar-refractivity contribution in [3.8, 4) is 11.3 Å². The molecule has 3 aromatic rings. The number of H-pyrrole nitrogens is 1. The summed E-state index contributed by atoms with van der Waals surface area (Å²) in [6.07, 6.45) is 0. The van der Waals surface area contributed by atoms with Crippen LogP contribution in [0.25, 0.3) is 22.0 Å². The second kappa shape index (κ2) is 6.51. The molecule has 1 aromatic heterocycles. The van der Waals surface area contributed by atoms with E-state index < -0.39 is 0 Å². The highest BCUT2D eigenvalue weighted by Crippen LogP contribution is 2.28. The van der Waals surface area contributed by atoms with E-state index >= 15 is 0 Å². The predicted molar refractivity (Wildman–Crippen MR) is 101 cm³/mol. The minimum absolute atomic E-state index is 0.0299. The molecule has 1 aliphatic rings. The van der Waals surface area contributed by atoms with Crippen molar-refractivity contribution >= 4 is 22.1 Å². The molecule has 0 amide bonds. The van der Waals surface area contributed by atoms with Crippen molar-refractivity contribution in [2.75, 3.05) is 33.2 Å². The van der Waals surface area contributed by atoms with Gasteiger partial charge in [0.25, 0.3) is 0 Å². The van der Waals surface area contributed by atoms with Gasteiger partial charge in [0.1, 0.15) is 0 Å². The molecule has 0 radical (unpaired) electrons. The van der Waals surface area contributed by atoms with Gasteiger partial charge < -0.3 is 9.88 Å². The Labute approximate surface area is 145 Å². The first-order chi connectivity index (χ1) is 11.7. The summed E-state index contributed by atoms with van der Waals surface area (Å²) in [5.74, 6) is 0. The Morgan fingerprint density at radius 2 is 1.79 bits per heavy atom. The van der Waals surface area contributed by atoms with Crippen LogP contribution in [-0.2, 0) is 6.54 Å². The van der Waals surface area contributed by atoms with Crippen LogP contribution in [0.1, 0.15) is 4.88 Å². The van der Waals surface area contributed by atoms with E-state index in [4.69, 9.17) is 0 Å². The van der Waals surface area contributed by atoms with Crippen LogP contribution in [0.3, 0.4) is 0 Å². The Bertz CT molecular complexity index is 906. The van der Waals surface area contributed by atoms with Gasteiger partial charge in [0.2, 0.25) is 0 Å². The highest BCUT2D eigenvalue weighted by molar-refractivity contribution is 7.09. The topological polar surface area (TPSA) is 39.3 Å². The zero-order chi connectivity index (χ0) is 16.5. The first kappa shape index (κ1) is 15.6. The quantitative estimate of drug-likeness (QED) is 0.797. The first-order valence-corrected chi connectivity index (χ1v) is 9.13. The Kier molecular flexibility index (Phi) is 4.22. The van der Waals surface area contributed by atoms with Crippen LogP contribution in [0.5, 0.6) is 0 Å². The van der Waals surface area contributed by atoms with Crippen LogP contribution < -0.4 is 4.87 Å². The molecule has 0 spiro atoms. The molecule has 124 valence electrons. The molecule has 1 saturated heterocycles. The number of likely N-dealkylation sites (N-methyl/N-ethyl adjacent to an activating group) is 1. The highest BCUT2D eigenvalue weighted by Gasteiger charge is 2.18. The molecule has 1 aliphatic heterocycles. The number of benzene rings is 2. The summed E-state index contributed by atoms with van der Waals surface area (Å²) < 4.78 is 0. The van der Waals surface area contributed by atoms with E-state index in [0.29, 0.717) is 0 Å². The van der Waals surface area contributed by atoms with Crippen molar-refractivity contribution in [2.45, 2.75) is 6.54 Å². The van der Waals surface area contributed by atoms with E-state index in [9.17, 15) is 4.79 Å². The number of piperazine rings is 1. The number of hydrogen-bond acceptors (Lipinski definition) is 4. The van der Waals surface area contributed by atoms with Gasteiger partial charge in [-0.25, -0.2) is 0 Å². The van der Waals surface area contributed by atoms with Crippen LogP contribution in [0.15, 0.2) is 47.3 Å². The lowest BCUT2D eigenvalue weighted by molar-refractivity contribution is 0.149. The van der Waals surface area contributed by atoms with Crippen molar-refractivity contribution in [3.05, 3.63) is 57.0 Å². The van der Waals surface area contributed by atoms with E-state index in [1.165, 1.54) is 22.1 Å². The zero-order valence-electron chi connectivity index (χ0n) is 13.8. The lowest BCUT2D eigenvalue weighted by Crippen LogP contribution is -2.43. The zero-order valence-corrected chi connectivity index (χ0v) is 14.6. The molecule has 2 heterocycles. The van der Waals surface area contributed by atoms with Crippen LogP contribution in [0.2, 0.25) is 0 Å². The highest BCUT2D eigenvalue weighted by atomic mass is 32.1. The van der Waals surface area contributed by atoms with E-state index in [-0.39, 0.29) is 4.87 Å². The molecule has 1 N–H and O–H groups in total. The normalized spacial score (nSPS) is 16.7. The van der Waals surface area contributed by atoms with Crippen LogP contribution >= 0.6 is 11.3 Å². The molecule has 0 bridgehead atoms. The lowest BCUT2D eigenvalue weighted by atomic mass is 10.0. The number of aromatic amines is 1. The fourth-order valence-corrected chi connectivity index (χ4v) is 4.15. The fourth-order valence-electron chi connectivity index (χ4n) is 3.26. The monoisotopic (exact) mass is 339 g/mol. The smallest absolute Gasteiger partial charge is 0.305 e. The summed E-state index contributed by atoms with van der Waals surface area (Å²) in [6, 6.07) is 14.7. The molecule has 0 aliphatic carbocycles. The van der Waals surface area contributed by atoms with Gasteiger partial charge in [-0.3, -0.25) is 9.69 Å². The molecule has 4 rings (SSSR count). The maximum absolute atomic E-state index is 12.0. The number of nitrogens with one attached hydrogen (secondary N) is 1. The summed E-state index contributed by atoms with van der Waals surface area (Å²) in [6.45, 7) is 5.13. The third kappa shape index (κ3) is 3.15. The van der Waals surface area contributed by atoms with Crippen LogP contribution in [0.4, 0.5) is 0 Å². The van der Waals surface area contributed by atoms with Gasteiger partial charge in [-0.15, -0.1) is 0 Å². The Balaban J connectivity index is 1.66. The second-order valence-electron chi connectivity index (χ2n) is 6.45. The molecule has 0 atom stereocenters. The molecule has 1 fully saturated rings. The molecule has 5 heteroatoms. The molecule has 4 nitrogen and oxygen atoms in total. The SMILES string of the molecule is CN1CCN(Cc2sc(=O)[nH]c2-c2ccc3ccccc3c2)CC1.